The van der Waals surface area contributed by atoms with E-state index in [4.69, 9.17) is 16.3 Å². The van der Waals surface area contributed by atoms with Gasteiger partial charge in [0.05, 0.1) is 5.02 Å². The number of hydrogen-bond acceptors (Lipinski definition) is 3. The first kappa shape index (κ1) is 14.6. The summed E-state index contributed by atoms with van der Waals surface area (Å²) in [7, 11) is 0. The molecule has 1 aliphatic rings. The zero-order chi connectivity index (χ0) is 13.7. The standard InChI is InChI=1S/C15H22ClNO2/c1-2-5-11-8-14(11)17-9-12(18)10-19-15-7-4-3-6-13(15)16/h3-4,6-7,11-12,14,17-18H,2,5,8-10H2,1H3. The molecule has 3 unspecified atom stereocenters. The van der Waals surface area contributed by atoms with Gasteiger partial charge in [0.15, 0.2) is 0 Å². The third-order valence-corrected chi connectivity index (χ3v) is 3.78. The molecule has 0 heterocycles. The summed E-state index contributed by atoms with van der Waals surface area (Å²) in [4.78, 5) is 0. The molecule has 0 aliphatic heterocycles. The second kappa shape index (κ2) is 7.13. The van der Waals surface area contributed by atoms with Crippen molar-refractivity contribution in [3.05, 3.63) is 29.3 Å². The minimum Gasteiger partial charge on any atom is -0.489 e. The van der Waals surface area contributed by atoms with Crippen LogP contribution < -0.4 is 10.1 Å². The largest absolute Gasteiger partial charge is 0.489 e. The average molecular weight is 284 g/mol. The minimum atomic E-state index is -0.501. The monoisotopic (exact) mass is 283 g/mol. The molecule has 0 bridgehead atoms. The van der Waals surface area contributed by atoms with Gasteiger partial charge in [-0.05, 0) is 30.9 Å². The summed E-state index contributed by atoms with van der Waals surface area (Å²) in [6.07, 6.45) is 3.26. The molecule has 1 saturated carbocycles. The van der Waals surface area contributed by atoms with E-state index in [-0.39, 0.29) is 6.61 Å². The van der Waals surface area contributed by atoms with Gasteiger partial charge in [-0.3, -0.25) is 0 Å². The first-order chi connectivity index (χ1) is 9.20. The highest BCUT2D eigenvalue weighted by Crippen LogP contribution is 2.34. The minimum absolute atomic E-state index is 0.266. The molecule has 0 spiro atoms. The van der Waals surface area contributed by atoms with E-state index in [1.807, 2.05) is 12.1 Å². The van der Waals surface area contributed by atoms with E-state index in [0.29, 0.717) is 23.4 Å². The summed E-state index contributed by atoms with van der Waals surface area (Å²) in [5, 5.41) is 13.8. The molecule has 4 heteroatoms. The maximum Gasteiger partial charge on any atom is 0.138 e. The molecule has 2 N–H and O–H groups in total. The number of rotatable bonds is 8. The molecule has 2 rings (SSSR count). The van der Waals surface area contributed by atoms with E-state index in [0.717, 1.165) is 5.92 Å². The Bertz CT molecular complexity index is 399. The molecule has 3 nitrogen and oxygen atoms in total. The van der Waals surface area contributed by atoms with Crippen LogP contribution in [0.15, 0.2) is 24.3 Å². The van der Waals surface area contributed by atoms with Crippen LogP contribution >= 0.6 is 11.6 Å². The lowest BCUT2D eigenvalue weighted by Crippen LogP contribution is -2.33. The summed E-state index contributed by atoms with van der Waals surface area (Å²) in [6.45, 7) is 3.05. The maximum absolute atomic E-state index is 9.86. The van der Waals surface area contributed by atoms with E-state index in [1.165, 1.54) is 19.3 Å². The summed E-state index contributed by atoms with van der Waals surface area (Å²) < 4.78 is 5.50. The van der Waals surface area contributed by atoms with Crippen molar-refractivity contribution in [3.8, 4) is 5.75 Å². The Labute approximate surface area is 119 Å². The number of halogens is 1. The van der Waals surface area contributed by atoms with Gasteiger partial charge in [-0.2, -0.15) is 0 Å². The number of hydrogen-bond donors (Lipinski definition) is 2. The van der Waals surface area contributed by atoms with E-state index < -0.39 is 6.10 Å². The lowest BCUT2D eigenvalue weighted by atomic mass is 10.2. The lowest BCUT2D eigenvalue weighted by molar-refractivity contribution is 0.106. The number of aliphatic hydroxyl groups is 1. The van der Waals surface area contributed by atoms with E-state index >= 15 is 0 Å². The zero-order valence-electron chi connectivity index (χ0n) is 11.3. The molecule has 106 valence electrons. The molecule has 19 heavy (non-hydrogen) atoms. The molecule has 1 aliphatic carbocycles. The van der Waals surface area contributed by atoms with Crippen LogP contribution in [0.4, 0.5) is 0 Å². The fraction of sp³-hybridized carbons (Fsp3) is 0.600. The Morgan fingerprint density at radius 2 is 2.26 bits per heavy atom. The van der Waals surface area contributed by atoms with Crippen LogP contribution in [0.1, 0.15) is 26.2 Å². The van der Waals surface area contributed by atoms with E-state index in [1.54, 1.807) is 12.1 Å². The molecule has 1 fully saturated rings. The van der Waals surface area contributed by atoms with Gasteiger partial charge in [0.25, 0.3) is 0 Å². The van der Waals surface area contributed by atoms with Crippen molar-refractivity contribution in [2.75, 3.05) is 13.2 Å². The summed E-state index contributed by atoms with van der Waals surface area (Å²) in [5.74, 6) is 1.43. The van der Waals surface area contributed by atoms with Crippen molar-refractivity contribution in [2.24, 2.45) is 5.92 Å². The fourth-order valence-corrected chi connectivity index (χ4v) is 2.47. The van der Waals surface area contributed by atoms with Crippen LogP contribution in [0.3, 0.4) is 0 Å². The molecule has 0 amide bonds. The van der Waals surface area contributed by atoms with Gasteiger partial charge >= 0.3 is 0 Å². The normalized spacial score (nSPS) is 23.1. The SMILES string of the molecule is CCCC1CC1NCC(O)COc1ccccc1Cl. The van der Waals surface area contributed by atoms with Crippen molar-refractivity contribution < 1.29 is 9.84 Å². The maximum atomic E-state index is 9.86. The Morgan fingerprint density at radius 1 is 1.47 bits per heavy atom. The van der Waals surface area contributed by atoms with Gasteiger partial charge in [0.1, 0.15) is 18.5 Å². The van der Waals surface area contributed by atoms with Crippen molar-refractivity contribution in [2.45, 2.75) is 38.3 Å². The molecule has 3 atom stereocenters. The van der Waals surface area contributed by atoms with Crippen LogP contribution in [-0.2, 0) is 0 Å². The number of ether oxygens (including phenoxy) is 1. The quantitative estimate of drug-likeness (QED) is 0.771. The van der Waals surface area contributed by atoms with Gasteiger partial charge in [0, 0.05) is 12.6 Å². The van der Waals surface area contributed by atoms with Crippen molar-refractivity contribution >= 4 is 11.6 Å². The first-order valence-electron chi connectivity index (χ1n) is 6.99. The van der Waals surface area contributed by atoms with Gasteiger partial charge in [0.2, 0.25) is 0 Å². The zero-order valence-corrected chi connectivity index (χ0v) is 12.1. The third-order valence-electron chi connectivity index (χ3n) is 3.47. The smallest absolute Gasteiger partial charge is 0.138 e. The van der Waals surface area contributed by atoms with Crippen LogP contribution in [0.5, 0.6) is 5.75 Å². The van der Waals surface area contributed by atoms with Gasteiger partial charge in [-0.1, -0.05) is 37.1 Å². The highest BCUT2D eigenvalue weighted by Gasteiger charge is 2.35. The molecule has 0 aromatic heterocycles. The summed E-state index contributed by atoms with van der Waals surface area (Å²) in [5.41, 5.74) is 0. The fourth-order valence-electron chi connectivity index (χ4n) is 2.28. The molecular formula is C15H22ClNO2. The Morgan fingerprint density at radius 3 is 3.00 bits per heavy atom. The molecule has 1 aromatic rings. The van der Waals surface area contributed by atoms with Crippen LogP contribution in [-0.4, -0.2) is 30.4 Å². The first-order valence-corrected chi connectivity index (χ1v) is 7.37. The molecule has 1 aromatic carbocycles. The van der Waals surface area contributed by atoms with Crippen molar-refractivity contribution in [1.82, 2.24) is 5.32 Å². The Kier molecular flexibility index (Phi) is 5.49. The Balaban J connectivity index is 1.63. The summed E-state index contributed by atoms with van der Waals surface area (Å²) >= 11 is 5.98. The van der Waals surface area contributed by atoms with Crippen molar-refractivity contribution in [3.63, 3.8) is 0 Å². The van der Waals surface area contributed by atoms with Crippen LogP contribution in [0, 0.1) is 5.92 Å². The molecule has 0 radical (unpaired) electrons. The van der Waals surface area contributed by atoms with E-state index in [9.17, 15) is 5.11 Å². The highest BCUT2D eigenvalue weighted by atomic mass is 35.5. The van der Waals surface area contributed by atoms with Gasteiger partial charge in [-0.25, -0.2) is 0 Å². The second-order valence-electron chi connectivity index (χ2n) is 5.19. The summed E-state index contributed by atoms with van der Waals surface area (Å²) in [6, 6.07) is 7.90. The topological polar surface area (TPSA) is 41.5 Å². The van der Waals surface area contributed by atoms with Gasteiger partial charge < -0.3 is 15.2 Å². The number of para-hydroxylation sites is 1. The van der Waals surface area contributed by atoms with E-state index in [2.05, 4.69) is 12.2 Å². The second-order valence-corrected chi connectivity index (χ2v) is 5.60. The average Bonchev–Trinajstić information content (AvgIpc) is 3.14. The third kappa shape index (κ3) is 4.68. The highest BCUT2D eigenvalue weighted by molar-refractivity contribution is 6.32. The molecule has 0 saturated heterocycles. The van der Waals surface area contributed by atoms with Crippen molar-refractivity contribution in [1.29, 1.82) is 0 Å². The number of nitrogens with one attached hydrogen (secondary N) is 1. The predicted molar refractivity (Wildman–Crippen MR) is 77.8 cm³/mol. The molecular weight excluding hydrogens is 262 g/mol. The van der Waals surface area contributed by atoms with Crippen LogP contribution in [0.2, 0.25) is 5.02 Å². The predicted octanol–water partition coefficient (Wildman–Crippen LogP) is 2.86. The number of aliphatic hydroxyl groups excluding tert-OH is 1. The number of benzene rings is 1. The van der Waals surface area contributed by atoms with Crippen LogP contribution in [0.25, 0.3) is 0 Å². The Hall–Kier alpha value is -0.770. The van der Waals surface area contributed by atoms with Gasteiger partial charge in [-0.15, -0.1) is 0 Å². The lowest BCUT2D eigenvalue weighted by Gasteiger charge is -2.14.